The van der Waals surface area contributed by atoms with Crippen molar-refractivity contribution >= 4 is 27.2 Å². The second kappa shape index (κ2) is 6.39. The van der Waals surface area contributed by atoms with Crippen molar-refractivity contribution in [1.29, 1.82) is 0 Å². The van der Waals surface area contributed by atoms with Crippen LogP contribution in [0.1, 0.15) is 18.9 Å². The molecule has 0 aliphatic carbocycles. The predicted octanol–water partition coefficient (Wildman–Crippen LogP) is 1.37. The molecule has 2 atom stereocenters. The molecular weight excluding hydrogens is 308 g/mol. The van der Waals surface area contributed by atoms with E-state index in [1.165, 1.54) is 4.31 Å². The van der Waals surface area contributed by atoms with E-state index in [0.29, 0.717) is 24.6 Å². The van der Waals surface area contributed by atoms with Gasteiger partial charge in [-0.1, -0.05) is 31.3 Å². The molecule has 116 valence electrons. The zero-order valence-corrected chi connectivity index (χ0v) is 13.8. The molecule has 0 bridgehead atoms. The lowest BCUT2D eigenvalue weighted by Crippen LogP contribution is -2.46. The van der Waals surface area contributed by atoms with Crippen LogP contribution in [0.25, 0.3) is 0 Å². The summed E-state index contributed by atoms with van der Waals surface area (Å²) < 4.78 is 32.1. The third-order valence-corrected chi connectivity index (χ3v) is 6.05. The van der Waals surface area contributed by atoms with Gasteiger partial charge >= 0.3 is 0 Å². The number of hydrogen-bond donors (Lipinski definition) is 1. The maximum absolute atomic E-state index is 12.6. The Balaban J connectivity index is 2.23. The number of nitrogens with two attached hydrogens (primary N) is 1. The Morgan fingerprint density at radius 2 is 2.00 bits per heavy atom. The van der Waals surface area contributed by atoms with Gasteiger partial charge < -0.3 is 10.5 Å². The molecule has 0 saturated carbocycles. The van der Waals surface area contributed by atoms with Crippen LogP contribution in [-0.4, -0.2) is 44.0 Å². The summed E-state index contributed by atoms with van der Waals surface area (Å²) in [6, 6.07) is 6.36. The molecule has 2 unspecified atom stereocenters. The number of sulfonamides is 1. The zero-order chi connectivity index (χ0) is 15.6. The molecule has 7 heteroatoms. The Morgan fingerprint density at radius 1 is 1.38 bits per heavy atom. The van der Waals surface area contributed by atoms with Crippen molar-refractivity contribution in [2.24, 2.45) is 11.7 Å². The largest absolute Gasteiger partial charge is 0.389 e. The number of piperidine rings is 1. The van der Waals surface area contributed by atoms with Crippen molar-refractivity contribution in [2.75, 3.05) is 20.2 Å². The van der Waals surface area contributed by atoms with Crippen LogP contribution in [0.4, 0.5) is 0 Å². The first-order chi connectivity index (χ1) is 9.86. The number of hydrogen-bond acceptors (Lipinski definition) is 4. The highest BCUT2D eigenvalue weighted by Crippen LogP contribution is 2.25. The minimum absolute atomic E-state index is 0.0654. The molecule has 1 aromatic rings. The van der Waals surface area contributed by atoms with Crippen LogP contribution in [0.2, 0.25) is 0 Å². The van der Waals surface area contributed by atoms with Crippen LogP contribution in [0.15, 0.2) is 29.2 Å². The fourth-order valence-corrected chi connectivity index (χ4v) is 4.07. The summed E-state index contributed by atoms with van der Waals surface area (Å²) in [5.74, 6) is 0.360. The van der Waals surface area contributed by atoms with Crippen molar-refractivity contribution in [3.8, 4) is 0 Å². The van der Waals surface area contributed by atoms with Crippen molar-refractivity contribution < 1.29 is 13.2 Å². The van der Waals surface area contributed by atoms with E-state index in [1.54, 1.807) is 31.4 Å². The summed E-state index contributed by atoms with van der Waals surface area (Å²) in [7, 11) is -1.88. The summed E-state index contributed by atoms with van der Waals surface area (Å²) in [5, 5.41) is 0. The topological polar surface area (TPSA) is 72.6 Å². The quantitative estimate of drug-likeness (QED) is 0.845. The molecule has 1 heterocycles. The van der Waals surface area contributed by atoms with E-state index in [0.717, 1.165) is 6.42 Å². The average molecular weight is 328 g/mol. The molecule has 21 heavy (non-hydrogen) atoms. The lowest BCUT2D eigenvalue weighted by molar-refractivity contribution is 0.0184. The molecule has 1 fully saturated rings. The van der Waals surface area contributed by atoms with Crippen LogP contribution in [-0.2, 0) is 14.8 Å². The number of rotatable bonds is 4. The Hall–Kier alpha value is -1.02. The normalized spacial score (nSPS) is 23.9. The van der Waals surface area contributed by atoms with Gasteiger partial charge in [0.1, 0.15) is 4.99 Å². The van der Waals surface area contributed by atoms with Gasteiger partial charge in [0.15, 0.2) is 0 Å². The van der Waals surface area contributed by atoms with E-state index in [-0.39, 0.29) is 16.0 Å². The van der Waals surface area contributed by atoms with Crippen LogP contribution in [0, 0.1) is 5.92 Å². The average Bonchev–Trinajstić information content (AvgIpc) is 2.47. The van der Waals surface area contributed by atoms with Crippen molar-refractivity contribution in [2.45, 2.75) is 24.3 Å². The summed E-state index contributed by atoms with van der Waals surface area (Å²) in [6.45, 7) is 2.98. The molecular formula is C14H20N2O3S2. The number of benzene rings is 1. The van der Waals surface area contributed by atoms with Crippen LogP contribution in [0.5, 0.6) is 0 Å². The van der Waals surface area contributed by atoms with E-state index in [1.807, 2.05) is 0 Å². The third-order valence-electron chi connectivity index (χ3n) is 3.93. The smallest absolute Gasteiger partial charge is 0.243 e. The first kappa shape index (κ1) is 16.4. The molecule has 0 spiro atoms. The lowest BCUT2D eigenvalue weighted by atomic mass is 9.97. The fraction of sp³-hybridized carbons (Fsp3) is 0.500. The summed E-state index contributed by atoms with van der Waals surface area (Å²) >= 11 is 4.87. The second-order valence-electron chi connectivity index (χ2n) is 5.29. The molecule has 1 aromatic carbocycles. The van der Waals surface area contributed by atoms with E-state index < -0.39 is 10.0 Å². The standard InChI is InChI=1S/C14H20N2O3S2/c1-10-7-8-16(9-13(10)19-2)21(17,18)12-5-3-11(4-6-12)14(15)20/h3-6,10,13H,7-9H2,1-2H3,(H2,15,20). The van der Waals surface area contributed by atoms with Gasteiger partial charge in [0.2, 0.25) is 10.0 Å². The monoisotopic (exact) mass is 328 g/mol. The maximum Gasteiger partial charge on any atom is 0.243 e. The second-order valence-corrected chi connectivity index (χ2v) is 7.67. The highest BCUT2D eigenvalue weighted by Gasteiger charge is 2.33. The van der Waals surface area contributed by atoms with Crippen molar-refractivity contribution in [3.63, 3.8) is 0 Å². The molecule has 1 saturated heterocycles. The maximum atomic E-state index is 12.6. The summed E-state index contributed by atoms with van der Waals surface area (Å²) in [4.78, 5) is 0.511. The molecule has 5 nitrogen and oxygen atoms in total. The van der Waals surface area contributed by atoms with E-state index in [9.17, 15) is 8.42 Å². The number of nitrogens with zero attached hydrogens (tertiary/aromatic N) is 1. The van der Waals surface area contributed by atoms with E-state index in [2.05, 4.69) is 6.92 Å². The molecule has 2 rings (SSSR count). The van der Waals surface area contributed by atoms with E-state index in [4.69, 9.17) is 22.7 Å². The van der Waals surface area contributed by atoms with Gasteiger partial charge in [-0.25, -0.2) is 8.42 Å². The highest BCUT2D eigenvalue weighted by atomic mass is 32.2. The summed E-state index contributed by atoms with van der Waals surface area (Å²) in [6.07, 6.45) is 0.729. The molecule has 0 aromatic heterocycles. The molecule has 0 amide bonds. The van der Waals surface area contributed by atoms with Gasteiger partial charge in [0.25, 0.3) is 0 Å². The molecule has 1 aliphatic rings. The molecule has 1 aliphatic heterocycles. The van der Waals surface area contributed by atoms with Gasteiger partial charge in [-0.2, -0.15) is 4.31 Å². The Morgan fingerprint density at radius 3 is 2.52 bits per heavy atom. The van der Waals surface area contributed by atoms with Gasteiger partial charge in [0, 0.05) is 25.8 Å². The van der Waals surface area contributed by atoms with Gasteiger partial charge in [-0.3, -0.25) is 0 Å². The molecule has 2 N–H and O–H groups in total. The van der Waals surface area contributed by atoms with Crippen LogP contribution in [0.3, 0.4) is 0 Å². The minimum atomic E-state index is -3.50. The number of ether oxygens (including phenoxy) is 1. The lowest BCUT2D eigenvalue weighted by Gasteiger charge is -2.35. The van der Waals surface area contributed by atoms with Crippen molar-refractivity contribution in [1.82, 2.24) is 4.31 Å². The Labute approximate surface area is 131 Å². The SMILES string of the molecule is COC1CN(S(=O)(=O)c2ccc(C(N)=S)cc2)CCC1C. The zero-order valence-electron chi connectivity index (χ0n) is 12.2. The number of methoxy groups -OCH3 is 1. The first-order valence-electron chi connectivity index (χ1n) is 6.79. The summed E-state index contributed by atoms with van der Waals surface area (Å²) in [5.41, 5.74) is 6.18. The highest BCUT2D eigenvalue weighted by molar-refractivity contribution is 7.89. The van der Waals surface area contributed by atoms with Gasteiger partial charge in [-0.15, -0.1) is 0 Å². The van der Waals surface area contributed by atoms with E-state index >= 15 is 0 Å². The minimum Gasteiger partial charge on any atom is -0.389 e. The number of thiocarbonyl (C=S) groups is 1. The van der Waals surface area contributed by atoms with Gasteiger partial charge in [0.05, 0.1) is 11.0 Å². The first-order valence-corrected chi connectivity index (χ1v) is 8.64. The van der Waals surface area contributed by atoms with Crippen LogP contribution >= 0.6 is 12.2 Å². The Bertz CT molecular complexity index is 614. The predicted molar refractivity (Wildman–Crippen MR) is 85.7 cm³/mol. The van der Waals surface area contributed by atoms with Crippen molar-refractivity contribution in [3.05, 3.63) is 29.8 Å². The Kier molecular flexibility index (Phi) is 4.98. The third kappa shape index (κ3) is 3.42. The van der Waals surface area contributed by atoms with Crippen LogP contribution < -0.4 is 5.73 Å². The van der Waals surface area contributed by atoms with Gasteiger partial charge in [-0.05, 0) is 24.5 Å². The fourth-order valence-electron chi connectivity index (χ4n) is 2.47. The molecule has 0 radical (unpaired) electrons.